The third-order valence-electron chi connectivity index (χ3n) is 4.14. The number of piperidine rings is 1. The van der Waals surface area contributed by atoms with E-state index in [0.717, 1.165) is 6.42 Å². The minimum atomic E-state index is 0.396. The van der Waals surface area contributed by atoms with Crippen molar-refractivity contribution < 1.29 is 5.11 Å². The smallest absolute Gasteiger partial charge is 0.115 e. The Morgan fingerprint density at radius 2 is 1.94 bits per heavy atom. The third-order valence-corrected chi connectivity index (χ3v) is 4.14. The number of phenolic OH excluding ortho intramolecular Hbond substituents is 1. The average molecular weight is 246 g/mol. The fraction of sp³-hybridized carbons (Fsp3) is 0.600. The molecule has 1 heterocycles. The molecule has 1 aliphatic heterocycles. The topological polar surface area (TPSA) is 35.5 Å². The van der Waals surface area contributed by atoms with Gasteiger partial charge in [-0.05, 0) is 55.4 Å². The van der Waals surface area contributed by atoms with Gasteiger partial charge >= 0.3 is 0 Å². The summed E-state index contributed by atoms with van der Waals surface area (Å²) in [5, 5.41) is 12.0. The van der Waals surface area contributed by atoms with Crippen molar-refractivity contribution in [2.24, 2.45) is 0 Å². The van der Waals surface area contributed by atoms with Crippen molar-refractivity contribution in [3.8, 4) is 5.75 Å². The predicted octanol–water partition coefficient (Wildman–Crippen LogP) is 2.76. The second-order valence-corrected chi connectivity index (χ2v) is 5.50. The summed E-state index contributed by atoms with van der Waals surface area (Å²) in [6.07, 6.45) is 7.50. The van der Waals surface area contributed by atoms with Gasteiger partial charge in [-0.2, -0.15) is 0 Å². The van der Waals surface area contributed by atoms with E-state index in [4.69, 9.17) is 0 Å². The molecular weight excluding hydrogens is 224 g/mol. The summed E-state index contributed by atoms with van der Waals surface area (Å²) in [5.74, 6) is 0.396. The Balaban J connectivity index is 1.74. The summed E-state index contributed by atoms with van der Waals surface area (Å²) in [4.78, 5) is 0. The van der Waals surface area contributed by atoms with Crippen LogP contribution >= 0.6 is 0 Å². The molecule has 0 bridgehead atoms. The van der Waals surface area contributed by atoms with Crippen LogP contribution in [0.4, 0.5) is 0 Å². The van der Waals surface area contributed by atoms with E-state index in [2.05, 4.69) is 16.5 Å². The maximum atomic E-state index is 9.57. The van der Waals surface area contributed by atoms with E-state index < -0.39 is 0 Å². The summed E-state index contributed by atoms with van der Waals surface area (Å²) in [6, 6.07) is 6.27. The van der Waals surface area contributed by atoms with E-state index >= 15 is 0 Å². The van der Waals surface area contributed by atoms with Gasteiger partial charge in [-0.1, -0.05) is 12.5 Å². The molecular formula is C15H22N2O. The molecule has 1 unspecified atom stereocenters. The van der Waals surface area contributed by atoms with Gasteiger partial charge < -0.3 is 5.11 Å². The summed E-state index contributed by atoms with van der Waals surface area (Å²) < 4.78 is 0. The van der Waals surface area contributed by atoms with Crippen LogP contribution in [0.5, 0.6) is 5.75 Å². The third kappa shape index (κ3) is 2.52. The molecule has 3 heteroatoms. The van der Waals surface area contributed by atoms with E-state index in [1.165, 1.54) is 56.3 Å². The normalized spacial score (nSPS) is 24.8. The molecule has 2 N–H and O–H groups in total. The zero-order valence-electron chi connectivity index (χ0n) is 10.9. The molecule has 1 aromatic carbocycles. The summed E-state index contributed by atoms with van der Waals surface area (Å²) >= 11 is 0. The standard InChI is InChI=1S/C15H22N2O/c18-13-7-8-14-12(11-13)5-4-6-15(14)16-17-9-2-1-3-10-17/h7-8,11,15-16,18H,1-6,9-10H2. The molecule has 98 valence electrons. The van der Waals surface area contributed by atoms with E-state index in [1.54, 1.807) is 0 Å². The van der Waals surface area contributed by atoms with Gasteiger partial charge in [0.05, 0.1) is 0 Å². The molecule has 3 rings (SSSR count). The molecule has 1 aromatic rings. The van der Waals surface area contributed by atoms with Gasteiger partial charge in [-0.25, -0.2) is 10.4 Å². The molecule has 0 radical (unpaired) electrons. The molecule has 1 fully saturated rings. The number of aromatic hydroxyl groups is 1. The lowest BCUT2D eigenvalue weighted by Crippen LogP contribution is -2.44. The van der Waals surface area contributed by atoms with Crippen molar-refractivity contribution >= 4 is 0 Å². The molecule has 2 aliphatic rings. The van der Waals surface area contributed by atoms with Gasteiger partial charge in [-0.3, -0.25) is 0 Å². The lowest BCUT2D eigenvalue weighted by Gasteiger charge is -2.34. The van der Waals surface area contributed by atoms with Crippen molar-refractivity contribution in [2.75, 3.05) is 13.1 Å². The SMILES string of the molecule is Oc1ccc2c(c1)CCCC2NN1CCCCC1. The van der Waals surface area contributed by atoms with Crippen LogP contribution in [0.15, 0.2) is 18.2 Å². The maximum absolute atomic E-state index is 9.57. The number of hydrogen-bond donors (Lipinski definition) is 2. The first-order valence-corrected chi connectivity index (χ1v) is 7.16. The van der Waals surface area contributed by atoms with Crippen LogP contribution in [0.2, 0.25) is 0 Å². The Labute approximate surface area is 109 Å². The number of fused-ring (bicyclic) bond motifs is 1. The second-order valence-electron chi connectivity index (χ2n) is 5.50. The zero-order chi connectivity index (χ0) is 12.4. The van der Waals surface area contributed by atoms with E-state index in [0.29, 0.717) is 11.8 Å². The second kappa shape index (κ2) is 5.29. The van der Waals surface area contributed by atoms with Crippen molar-refractivity contribution in [3.05, 3.63) is 29.3 Å². The highest BCUT2D eigenvalue weighted by Gasteiger charge is 2.22. The van der Waals surface area contributed by atoms with Crippen LogP contribution in [-0.2, 0) is 6.42 Å². The number of nitrogens with zero attached hydrogens (tertiary/aromatic N) is 1. The van der Waals surface area contributed by atoms with Crippen molar-refractivity contribution in [1.82, 2.24) is 10.4 Å². The Bertz CT molecular complexity index is 413. The number of phenols is 1. The van der Waals surface area contributed by atoms with E-state index in [-0.39, 0.29) is 0 Å². The van der Waals surface area contributed by atoms with Crippen LogP contribution in [0, 0.1) is 0 Å². The highest BCUT2D eigenvalue weighted by molar-refractivity contribution is 5.38. The molecule has 0 amide bonds. The van der Waals surface area contributed by atoms with Crippen LogP contribution in [0.25, 0.3) is 0 Å². The summed E-state index contributed by atoms with van der Waals surface area (Å²) in [7, 11) is 0. The Kier molecular flexibility index (Phi) is 3.52. The zero-order valence-corrected chi connectivity index (χ0v) is 10.9. The molecule has 1 aliphatic carbocycles. The maximum Gasteiger partial charge on any atom is 0.115 e. The lowest BCUT2D eigenvalue weighted by molar-refractivity contribution is 0.122. The van der Waals surface area contributed by atoms with E-state index in [1.807, 2.05) is 12.1 Å². The van der Waals surface area contributed by atoms with Crippen LogP contribution in [0.3, 0.4) is 0 Å². The number of hydrazine groups is 1. The molecule has 3 nitrogen and oxygen atoms in total. The molecule has 0 saturated carbocycles. The molecule has 1 saturated heterocycles. The van der Waals surface area contributed by atoms with Gasteiger partial charge in [0.1, 0.15) is 5.75 Å². The van der Waals surface area contributed by atoms with Gasteiger partial charge in [0.25, 0.3) is 0 Å². The molecule has 1 atom stereocenters. The van der Waals surface area contributed by atoms with Crippen molar-refractivity contribution in [1.29, 1.82) is 0 Å². The first-order chi connectivity index (χ1) is 8.83. The van der Waals surface area contributed by atoms with Crippen LogP contribution in [0.1, 0.15) is 49.3 Å². The number of benzene rings is 1. The fourth-order valence-corrected chi connectivity index (χ4v) is 3.18. The van der Waals surface area contributed by atoms with Gasteiger partial charge in [-0.15, -0.1) is 0 Å². The Hall–Kier alpha value is -1.06. The Morgan fingerprint density at radius 3 is 2.78 bits per heavy atom. The van der Waals surface area contributed by atoms with Crippen molar-refractivity contribution in [2.45, 2.75) is 44.6 Å². The number of aryl methyl sites for hydroxylation is 1. The fourth-order valence-electron chi connectivity index (χ4n) is 3.18. The molecule has 0 aromatic heterocycles. The highest BCUT2D eigenvalue weighted by atomic mass is 16.3. The Morgan fingerprint density at radius 1 is 1.11 bits per heavy atom. The minimum absolute atomic E-state index is 0.396. The quantitative estimate of drug-likeness (QED) is 0.842. The number of rotatable bonds is 2. The minimum Gasteiger partial charge on any atom is -0.508 e. The molecule has 18 heavy (non-hydrogen) atoms. The predicted molar refractivity (Wildman–Crippen MR) is 72.3 cm³/mol. The highest BCUT2D eigenvalue weighted by Crippen LogP contribution is 2.32. The first-order valence-electron chi connectivity index (χ1n) is 7.16. The summed E-state index contributed by atoms with van der Waals surface area (Å²) in [5.41, 5.74) is 6.38. The van der Waals surface area contributed by atoms with E-state index in [9.17, 15) is 5.11 Å². The van der Waals surface area contributed by atoms with Gasteiger partial charge in [0.2, 0.25) is 0 Å². The lowest BCUT2D eigenvalue weighted by atomic mass is 9.88. The van der Waals surface area contributed by atoms with Crippen LogP contribution < -0.4 is 5.43 Å². The summed E-state index contributed by atoms with van der Waals surface area (Å²) in [6.45, 7) is 2.34. The van der Waals surface area contributed by atoms with Crippen molar-refractivity contribution in [3.63, 3.8) is 0 Å². The average Bonchev–Trinajstić information content (AvgIpc) is 2.40. The number of nitrogens with one attached hydrogen (secondary N) is 1. The number of hydrogen-bond acceptors (Lipinski definition) is 3. The van der Waals surface area contributed by atoms with Gasteiger partial charge in [0.15, 0.2) is 0 Å². The van der Waals surface area contributed by atoms with Crippen LogP contribution in [-0.4, -0.2) is 23.2 Å². The monoisotopic (exact) mass is 246 g/mol. The largest absolute Gasteiger partial charge is 0.508 e. The van der Waals surface area contributed by atoms with Gasteiger partial charge in [0, 0.05) is 19.1 Å². The first kappa shape index (κ1) is 12.0. The molecule has 0 spiro atoms.